The van der Waals surface area contributed by atoms with E-state index in [0.717, 1.165) is 11.3 Å². The SMILES string of the molecule is C1=CC(c2ccc[nH]2)=COC1. The van der Waals surface area contributed by atoms with Crippen LogP contribution >= 0.6 is 0 Å². The van der Waals surface area contributed by atoms with Crippen LogP contribution in [-0.4, -0.2) is 11.6 Å². The lowest BCUT2D eigenvalue weighted by molar-refractivity contribution is 0.288. The Kier molecular flexibility index (Phi) is 1.52. The lowest BCUT2D eigenvalue weighted by Gasteiger charge is -2.05. The number of hydrogen-bond acceptors (Lipinski definition) is 1. The molecule has 1 N–H and O–H groups in total. The van der Waals surface area contributed by atoms with Crippen molar-refractivity contribution < 1.29 is 4.74 Å². The lowest BCUT2D eigenvalue weighted by Crippen LogP contribution is -1.91. The van der Waals surface area contributed by atoms with Gasteiger partial charge in [0.05, 0.1) is 6.26 Å². The Balaban J connectivity index is 2.29. The number of nitrogens with one attached hydrogen (secondary N) is 1. The van der Waals surface area contributed by atoms with Crippen molar-refractivity contribution in [3.8, 4) is 0 Å². The quantitative estimate of drug-likeness (QED) is 0.645. The monoisotopic (exact) mass is 147 g/mol. The van der Waals surface area contributed by atoms with E-state index < -0.39 is 0 Å². The van der Waals surface area contributed by atoms with Crippen molar-refractivity contribution in [2.24, 2.45) is 0 Å². The van der Waals surface area contributed by atoms with Crippen LogP contribution < -0.4 is 0 Å². The Morgan fingerprint density at radius 2 is 2.45 bits per heavy atom. The summed E-state index contributed by atoms with van der Waals surface area (Å²) in [6, 6.07) is 3.99. The summed E-state index contributed by atoms with van der Waals surface area (Å²) in [4.78, 5) is 3.11. The van der Waals surface area contributed by atoms with E-state index in [9.17, 15) is 0 Å². The van der Waals surface area contributed by atoms with Gasteiger partial charge in [-0.25, -0.2) is 0 Å². The van der Waals surface area contributed by atoms with Gasteiger partial charge in [0.2, 0.25) is 0 Å². The second-order valence-corrected chi connectivity index (χ2v) is 2.39. The normalized spacial score (nSPS) is 15.8. The van der Waals surface area contributed by atoms with Crippen molar-refractivity contribution in [2.75, 3.05) is 6.61 Å². The summed E-state index contributed by atoms with van der Waals surface area (Å²) in [5, 5.41) is 0. The number of aromatic nitrogens is 1. The minimum atomic E-state index is 0.685. The van der Waals surface area contributed by atoms with Crippen molar-refractivity contribution in [2.45, 2.75) is 0 Å². The highest BCUT2D eigenvalue weighted by atomic mass is 16.5. The number of hydrogen-bond donors (Lipinski definition) is 1. The van der Waals surface area contributed by atoms with Crippen LogP contribution in [-0.2, 0) is 4.74 Å². The standard InChI is InChI=1S/C9H9NO/c1-4-9(10-5-1)8-3-2-6-11-7-8/h1-5,7,10H,6H2. The van der Waals surface area contributed by atoms with Crippen molar-refractivity contribution in [3.05, 3.63) is 42.4 Å². The fourth-order valence-electron chi connectivity index (χ4n) is 1.07. The van der Waals surface area contributed by atoms with E-state index in [2.05, 4.69) is 11.1 Å². The summed E-state index contributed by atoms with van der Waals surface area (Å²) in [5.41, 5.74) is 2.20. The number of allylic oxidation sites excluding steroid dienone is 2. The van der Waals surface area contributed by atoms with E-state index in [0.29, 0.717) is 6.61 Å². The molecule has 0 aromatic carbocycles. The highest BCUT2D eigenvalue weighted by Crippen LogP contribution is 2.15. The number of rotatable bonds is 1. The van der Waals surface area contributed by atoms with Crippen LogP contribution in [0.2, 0.25) is 0 Å². The Labute approximate surface area is 65.2 Å². The second kappa shape index (κ2) is 2.66. The maximum atomic E-state index is 5.14. The van der Waals surface area contributed by atoms with Gasteiger partial charge in [-0.3, -0.25) is 0 Å². The molecule has 1 aromatic rings. The molecule has 0 atom stereocenters. The van der Waals surface area contributed by atoms with Crippen LogP contribution in [0, 0.1) is 0 Å². The van der Waals surface area contributed by atoms with Gasteiger partial charge in [-0.05, 0) is 18.2 Å². The first kappa shape index (κ1) is 6.28. The molecule has 0 spiro atoms. The van der Waals surface area contributed by atoms with Gasteiger partial charge in [0.1, 0.15) is 6.61 Å². The minimum absolute atomic E-state index is 0.685. The summed E-state index contributed by atoms with van der Waals surface area (Å²) < 4.78 is 5.14. The number of H-pyrrole nitrogens is 1. The van der Waals surface area contributed by atoms with Gasteiger partial charge >= 0.3 is 0 Å². The molecule has 0 bridgehead atoms. The third-order valence-corrected chi connectivity index (χ3v) is 1.61. The van der Waals surface area contributed by atoms with Gasteiger partial charge < -0.3 is 9.72 Å². The molecule has 56 valence electrons. The predicted molar refractivity (Wildman–Crippen MR) is 43.9 cm³/mol. The van der Waals surface area contributed by atoms with E-state index in [-0.39, 0.29) is 0 Å². The summed E-state index contributed by atoms with van der Waals surface area (Å²) in [6.45, 7) is 0.685. The summed E-state index contributed by atoms with van der Waals surface area (Å²) in [5.74, 6) is 0. The van der Waals surface area contributed by atoms with E-state index in [1.54, 1.807) is 6.26 Å². The fraction of sp³-hybridized carbons (Fsp3) is 0.111. The van der Waals surface area contributed by atoms with Crippen LogP contribution in [0.15, 0.2) is 36.7 Å². The topological polar surface area (TPSA) is 25.0 Å². The van der Waals surface area contributed by atoms with E-state index in [4.69, 9.17) is 4.74 Å². The highest BCUT2D eigenvalue weighted by molar-refractivity contribution is 5.71. The van der Waals surface area contributed by atoms with Gasteiger partial charge in [0.25, 0.3) is 0 Å². The first-order valence-corrected chi connectivity index (χ1v) is 3.59. The van der Waals surface area contributed by atoms with Gasteiger partial charge in [0, 0.05) is 17.5 Å². The van der Waals surface area contributed by atoms with Crippen molar-refractivity contribution in [1.29, 1.82) is 0 Å². The molecule has 0 saturated carbocycles. The largest absolute Gasteiger partial charge is 0.496 e. The molecule has 0 radical (unpaired) electrons. The maximum absolute atomic E-state index is 5.14. The van der Waals surface area contributed by atoms with Crippen molar-refractivity contribution >= 4 is 5.57 Å². The first-order valence-electron chi connectivity index (χ1n) is 3.59. The lowest BCUT2D eigenvalue weighted by atomic mass is 10.2. The molecule has 1 aromatic heterocycles. The number of ether oxygens (including phenoxy) is 1. The summed E-state index contributed by atoms with van der Waals surface area (Å²) in [7, 11) is 0. The Morgan fingerprint density at radius 3 is 3.09 bits per heavy atom. The van der Waals surface area contributed by atoms with Crippen LogP contribution in [0.25, 0.3) is 5.57 Å². The third kappa shape index (κ3) is 1.19. The molecule has 11 heavy (non-hydrogen) atoms. The molecule has 0 saturated heterocycles. The van der Waals surface area contributed by atoms with Crippen LogP contribution in [0.3, 0.4) is 0 Å². The molecular formula is C9H9NO. The van der Waals surface area contributed by atoms with Crippen LogP contribution in [0.1, 0.15) is 5.69 Å². The molecule has 1 aliphatic heterocycles. The van der Waals surface area contributed by atoms with E-state index in [1.165, 1.54) is 0 Å². The van der Waals surface area contributed by atoms with Crippen molar-refractivity contribution in [1.82, 2.24) is 4.98 Å². The molecule has 2 rings (SSSR count). The molecule has 2 heteroatoms. The molecule has 0 fully saturated rings. The zero-order valence-electron chi connectivity index (χ0n) is 6.08. The zero-order valence-corrected chi connectivity index (χ0v) is 6.08. The van der Waals surface area contributed by atoms with Gasteiger partial charge in [-0.1, -0.05) is 6.08 Å². The van der Waals surface area contributed by atoms with E-state index in [1.807, 2.05) is 24.4 Å². The highest BCUT2D eigenvalue weighted by Gasteiger charge is 2.00. The molecule has 0 unspecified atom stereocenters. The third-order valence-electron chi connectivity index (χ3n) is 1.61. The Morgan fingerprint density at radius 1 is 1.45 bits per heavy atom. The molecule has 2 heterocycles. The van der Waals surface area contributed by atoms with Crippen LogP contribution in [0.4, 0.5) is 0 Å². The fourth-order valence-corrected chi connectivity index (χ4v) is 1.07. The molecular weight excluding hydrogens is 138 g/mol. The summed E-state index contributed by atoms with van der Waals surface area (Å²) in [6.07, 6.45) is 7.72. The Hall–Kier alpha value is -1.44. The average molecular weight is 147 g/mol. The first-order chi connectivity index (χ1) is 5.47. The smallest absolute Gasteiger partial charge is 0.106 e. The molecule has 0 amide bonds. The van der Waals surface area contributed by atoms with Crippen LogP contribution in [0.5, 0.6) is 0 Å². The summed E-state index contributed by atoms with van der Waals surface area (Å²) >= 11 is 0. The second-order valence-electron chi connectivity index (χ2n) is 2.39. The van der Waals surface area contributed by atoms with E-state index >= 15 is 0 Å². The zero-order chi connectivity index (χ0) is 7.52. The van der Waals surface area contributed by atoms with Gasteiger partial charge in [-0.15, -0.1) is 0 Å². The molecule has 0 aliphatic carbocycles. The average Bonchev–Trinajstić information content (AvgIpc) is 2.58. The molecule has 2 nitrogen and oxygen atoms in total. The van der Waals surface area contributed by atoms with Gasteiger partial charge in [-0.2, -0.15) is 0 Å². The van der Waals surface area contributed by atoms with Gasteiger partial charge in [0.15, 0.2) is 0 Å². The van der Waals surface area contributed by atoms with Crippen molar-refractivity contribution in [3.63, 3.8) is 0 Å². The Bertz CT molecular complexity index is 283. The minimum Gasteiger partial charge on any atom is -0.496 e. The maximum Gasteiger partial charge on any atom is 0.106 e. The predicted octanol–water partition coefficient (Wildman–Crippen LogP) is 1.94. The number of aromatic amines is 1. The molecule has 1 aliphatic rings.